The highest BCUT2D eigenvalue weighted by Crippen LogP contribution is 2.32. The Hall–Kier alpha value is -2.38. The Labute approximate surface area is 211 Å². The molecule has 0 atom stereocenters. The van der Waals surface area contributed by atoms with Crippen LogP contribution in [0.3, 0.4) is 0 Å². The van der Waals surface area contributed by atoms with Gasteiger partial charge in [-0.1, -0.05) is 55.1 Å². The average molecular weight is 592 g/mol. The van der Waals surface area contributed by atoms with Crippen LogP contribution in [0.15, 0.2) is 88.1 Å². The minimum absolute atomic E-state index is 0.163. The molecule has 2 heterocycles. The minimum Gasteiger partial charge on any atom is -0.508 e. The standard InChI is InChI=1S/C15H10BrClN2O.C9H5BrClN/c16-9-1-4-13-11(7-9)14(5-6-18-13)19-15-8-10(20)2-3-12(15)17;10-6-1-2-9-7(5-6)8(11)3-4-12-9/h1-8,20H,(H,18,19);1-5H. The first-order valence-electron chi connectivity index (χ1n) is 9.40. The Kier molecular flexibility index (Phi) is 7.16. The number of aromatic hydroxyl groups is 1. The van der Waals surface area contributed by atoms with Crippen LogP contribution in [0.1, 0.15) is 0 Å². The lowest BCUT2D eigenvalue weighted by atomic mass is 10.2. The molecule has 0 unspecified atom stereocenters. The number of halogens is 4. The molecule has 0 saturated carbocycles. The van der Waals surface area contributed by atoms with E-state index in [0.717, 1.165) is 41.5 Å². The third kappa shape index (κ3) is 5.33. The van der Waals surface area contributed by atoms with E-state index in [2.05, 4.69) is 47.1 Å². The number of nitrogens with zero attached hydrogens (tertiary/aromatic N) is 2. The second-order valence-corrected chi connectivity index (χ2v) is 9.41. The molecule has 0 aliphatic carbocycles. The van der Waals surface area contributed by atoms with Crippen molar-refractivity contribution in [3.05, 3.63) is 98.1 Å². The fourth-order valence-electron chi connectivity index (χ4n) is 3.07. The van der Waals surface area contributed by atoms with E-state index < -0.39 is 0 Å². The van der Waals surface area contributed by atoms with Gasteiger partial charge >= 0.3 is 0 Å². The zero-order valence-corrected chi connectivity index (χ0v) is 21.0. The largest absolute Gasteiger partial charge is 0.508 e. The van der Waals surface area contributed by atoms with Gasteiger partial charge in [0, 0.05) is 43.9 Å². The number of fused-ring (bicyclic) bond motifs is 2. The van der Waals surface area contributed by atoms with Crippen LogP contribution in [0.25, 0.3) is 21.8 Å². The number of rotatable bonds is 2. The molecule has 5 rings (SSSR count). The zero-order chi connectivity index (χ0) is 22.7. The van der Waals surface area contributed by atoms with Gasteiger partial charge in [-0.3, -0.25) is 9.97 Å². The molecule has 3 aromatic carbocycles. The molecule has 160 valence electrons. The number of phenolic OH excluding ortho intramolecular Hbond substituents is 1. The molecule has 2 aromatic heterocycles. The summed E-state index contributed by atoms with van der Waals surface area (Å²) in [5.74, 6) is 0.163. The first kappa shape index (κ1) is 22.8. The monoisotopic (exact) mass is 589 g/mol. The lowest BCUT2D eigenvalue weighted by molar-refractivity contribution is 0.475. The molecular weight excluding hydrogens is 577 g/mol. The van der Waals surface area contributed by atoms with Crippen LogP contribution in [0.2, 0.25) is 10.0 Å². The van der Waals surface area contributed by atoms with Crippen molar-refractivity contribution in [3.63, 3.8) is 0 Å². The molecule has 0 amide bonds. The number of hydrogen-bond acceptors (Lipinski definition) is 4. The van der Waals surface area contributed by atoms with Crippen molar-refractivity contribution in [1.29, 1.82) is 0 Å². The molecule has 0 fully saturated rings. The molecule has 0 spiro atoms. The van der Waals surface area contributed by atoms with Crippen LogP contribution in [-0.4, -0.2) is 15.1 Å². The summed E-state index contributed by atoms with van der Waals surface area (Å²) in [4.78, 5) is 8.50. The maximum Gasteiger partial charge on any atom is 0.117 e. The second kappa shape index (κ2) is 10.0. The van der Waals surface area contributed by atoms with E-state index in [1.165, 1.54) is 0 Å². The Bertz CT molecular complexity index is 1430. The van der Waals surface area contributed by atoms with Crippen LogP contribution in [-0.2, 0) is 0 Å². The first-order chi connectivity index (χ1) is 15.4. The summed E-state index contributed by atoms with van der Waals surface area (Å²) >= 11 is 18.9. The van der Waals surface area contributed by atoms with Gasteiger partial charge < -0.3 is 10.4 Å². The molecule has 8 heteroatoms. The molecule has 0 saturated heterocycles. The molecule has 32 heavy (non-hydrogen) atoms. The summed E-state index contributed by atoms with van der Waals surface area (Å²) in [6, 6.07) is 20.2. The first-order valence-corrected chi connectivity index (χ1v) is 11.7. The third-order valence-corrected chi connectivity index (χ3v) is 6.22. The van der Waals surface area contributed by atoms with Crippen LogP contribution in [0.5, 0.6) is 5.75 Å². The van der Waals surface area contributed by atoms with Gasteiger partial charge in [-0.2, -0.15) is 0 Å². The maximum atomic E-state index is 9.55. The van der Waals surface area contributed by atoms with Gasteiger partial charge in [0.2, 0.25) is 0 Å². The fourth-order valence-corrected chi connectivity index (χ4v) is 4.16. The predicted octanol–water partition coefficient (Wildman–Crippen LogP) is 8.75. The predicted molar refractivity (Wildman–Crippen MR) is 140 cm³/mol. The minimum atomic E-state index is 0.163. The van der Waals surface area contributed by atoms with Crippen LogP contribution in [0.4, 0.5) is 11.4 Å². The molecule has 0 bridgehead atoms. The van der Waals surface area contributed by atoms with Crippen LogP contribution in [0, 0.1) is 0 Å². The highest BCUT2D eigenvalue weighted by molar-refractivity contribution is 9.10. The highest BCUT2D eigenvalue weighted by atomic mass is 79.9. The molecular formula is C24H15Br2Cl2N3O. The quantitative estimate of drug-likeness (QED) is 0.215. The van der Waals surface area contributed by atoms with E-state index in [4.69, 9.17) is 23.2 Å². The summed E-state index contributed by atoms with van der Waals surface area (Å²) in [5.41, 5.74) is 3.34. The van der Waals surface area contributed by atoms with E-state index in [1.54, 1.807) is 36.7 Å². The van der Waals surface area contributed by atoms with Gasteiger partial charge in [0.25, 0.3) is 0 Å². The smallest absolute Gasteiger partial charge is 0.117 e. The van der Waals surface area contributed by atoms with Crippen molar-refractivity contribution in [1.82, 2.24) is 9.97 Å². The Morgan fingerprint density at radius 2 is 1.28 bits per heavy atom. The Morgan fingerprint density at radius 3 is 2.00 bits per heavy atom. The van der Waals surface area contributed by atoms with Crippen LogP contribution < -0.4 is 5.32 Å². The van der Waals surface area contributed by atoms with E-state index in [0.29, 0.717) is 10.7 Å². The second-order valence-electron chi connectivity index (χ2n) is 6.76. The number of phenols is 1. The van der Waals surface area contributed by atoms with E-state index in [9.17, 15) is 5.11 Å². The summed E-state index contributed by atoms with van der Waals surface area (Å²) in [6.45, 7) is 0. The topological polar surface area (TPSA) is 58.0 Å². The number of nitrogens with one attached hydrogen (secondary N) is 1. The molecule has 2 N–H and O–H groups in total. The molecule has 0 radical (unpaired) electrons. The molecule has 5 aromatic rings. The van der Waals surface area contributed by atoms with Gasteiger partial charge in [-0.15, -0.1) is 0 Å². The van der Waals surface area contributed by atoms with Gasteiger partial charge in [0.15, 0.2) is 0 Å². The molecule has 0 aliphatic rings. The summed E-state index contributed by atoms with van der Waals surface area (Å²) in [6.07, 6.45) is 3.44. The fraction of sp³-hybridized carbons (Fsp3) is 0. The maximum absolute atomic E-state index is 9.55. The number of benzene rings is 3. The normalized spacial score (nSPS) is 10.6. The van der Waals surface area contributed by atoms with Gasteiger partial charge in [-0.25, -0.2) is 0 Å². The van der Waals surface area contributed by atoms with E-state index >= 15 is 0 Å². The molecule has 4 nitrogen and oxygen atoms in total. The van der Waals surface area contributed by atoms with Crippen molar-refractivity contribution in [2.24, 2.45) is 0 Å². The lowest BCUT2D eigenvalue weighted by Crippen LogP contribution is -1.93. The number of aromatic nitrogens is 2. The summed E-state index contributed by atoms with van der Waals surface area (Å²) in [7, 11) is 0. The third-order valence-electron chi connectivity index (χ3n) is 4.57. The summed E-state index contributed by atoms with van der Waals surface area (Å²) in [5, 5.41) is 16.0. The van der Waals surface area contributed by atoms with E-state index in [-0.39, 0.29) is 5.75 Å². The van der Waals surface area contributed by atoms with Crippen LogP contribution >= 0.6 is 55.1 Å². The lowest BCUT2D eigenvalue weighted by Gasteiger charge is -2.11. The Balaban J connectivity index is 0.000000174. The SMILES string of the molecule is Clc1ccnc2ccc(Br)cc12.Oc1ccc(Cl)c(Nc2ccnc3ccc(Br)cc23)c1. The number of pyridine rings is 2. The van der Waals surface area contributed by atoms with Crippen molar-refractivity contribution in [3.8, 4) is 5.75 Å². The van der Waals surface area contributed by atoms with Gasteiger partial charge in [-0.05, 0) is 60.7 Å². The highest BCUT2D eigenvalue weighted by Gasteiger charge is 2.06. The number of hydrogen-bond donors (Lipinski definition) is 2. The molecule has 0 aliphatic heterocycles. The van der Waals surface area contributed by atoms with Crippen molar-refractivity contribution >= 4 is 88.2 Å². The van der Waals surface area contributed by atoms with Crippen molar-refractivity contribution < 1.29 is 5.11 Å². The van der Waals surface area contributed by atoms with Gasteiger partial charge in [0.1, 0.15) is 5.75 Å². The van der Waals surface area contributed by atoms with Gasteiger partial charge in [0.05, 0.1) is 26.8 Å². The van der Waals surface area contributed by atoms with Crippen molar-refractivity contribution in [2.75, 3.05) is 5.32 Å². The van der Waals surface area contributed by atoms with E-state index in [1.807, 2.05) is 42.5 Å². The summed E-state index contributed by atoms with van der Waals surface area (Å²) < 4.78 is 1.99. The zero-order valence-electron chi connectivity index (χ0n) is 16.4. The number of anilines is 2. The average Bonchev–Trinajstić information content (AvgIpc) is 2.78. The Morgan fingerprint density at radius 1 is 0.656 bits per heavy atom. The van der Waals surface area contributed by atoms with Crippen molar-refractivity contribution in [2.45, 2.75) is 0 Å².